The van der Waals surface area contributed by atoms with E-state index in [0.29, 0.717) is 6.61 Å². The fourth-order valence-corrected chi connectivity index (χ4v) is 2.87. The minimum Gasteiger partial charge on any atom is -0.489 e. The highest BCUT2D eigenvalue weighted by Crippen LogP contribution is 2.20. The third kappa shape index (κ3) is 3.79. The number of H-pyrrole nitrogens is 1. The highest BCUT2D eigenvalue weighted by molar-refractivity contribution is 6.31. The Kier molecular flexibility index (Phi) is 4.71. The quantitative estimate of drug-likeness (QED) is 0.476. The van der Waals surface area contributed by atoms with E-state index in [0.717, 1.165) is 38.8 Å². The second-order valence-corrected chi connectivity index (χ2v) is 6.33. The van der Waals surface area contributed by atoms with Crippen LogP contribution in [0.5, 0.6) is 5.75 Å². The molecule has 0 unspecified atom stereocenters. The van der Waals surface area contributed by atoms with Crippen LogP contribution in [0.15, 0.2) is 72.8 Å². The molecular weight excluding hydrogens is 344 g/mol. The van der Waals surface area contributed by atoms with Crippen molar-refractivity contribution >= 4 is 34.8 Å². The summed E-state index contributed by atoms with van der Waals surface area (Å²) in [6, 6.07) is 23.6. The smallest absolute Gasteiger partial charge is 0.131 e. The number of aromatic amines is 1. The summed E-state index contributed by atoms with van der Waals surface area (Å²) >= 11 is 6.15. The minimum atomic E-state index is 0.452. The lowest BCUT2D eigenvalue weighted by Crippen LogP contribution is -1.95. The predicted molar refractivity (Wildman–Crippen MR) is 107 cm³/mol. The summed E-state index contributed by atoms with van der Waals surface area (Å²) in [5.41, 5.74) is 4.06. The van der Waals surface area contributed by atoms with Crippen molar-refractivity contribution in [1.29, 1.82) is 0 Å². The molecule has 0 bridgehead atoms. The monoisotopic (exact) mass is 360 g/mol. The molecule has 1 heterocycles. The van der Waals surface area contributed by atoms with E-state index in [1.165, 1.54) is 0 Å². The predicted octanol–water partition coefficient (Wildman–Crippen LogP) is 5.97. The molecule has 0 radical (unpaired) electrons. The molecular formula is C22H17ClN2O. The van der Waals surface area contributed by atoms with Crippen LogP contribution in [0.4, 0.5) is 0 Å². The molecule has 3 aromatic carbocycles. The summed E-state index contributed by atoms with van der Waals surface area (Å²) < 4.78 is 5.80. The lowest BCUT2D eigenvalue weighted by molar-refractivity contribution is 0.306. The second-order valence-electron chi connectivity index (χ2n) is 5.92. The molecule has 0 fully saturated rings. The standard InChI is InChI=1S/C22H17ClN2O/c23-19-6-2-1-5-17(19)15-26-18-12-9-16(10-13-18)11-14-22-24-20-7-3-4-8-21(20)25-22/h1-14H,15H2,(H,24,25)/b14-11+. The van der Waals surface area contributed by atoms with E-state index in [9.17, 15) is 0 Å². The highest BCUT2D eigenvalue weighted by atomic mass is 35.5. The highest BCUT2D eigenvalue weighted by Gasteiger charge is 2.01. The van der Waals surface area contributed by atoms with Crippen LogP contribution >= 0.6 is 11.6 Å². The van der Waals surface area contributed by atoms with Crippen LogP contribution in [0.1, 0.15) is 17.0 Å². The van der Waals surface area contributed by atoms with Crippen LogP contribution in [0.25, 0.3) is 23.2 Å². The summed E-state index contributed by atoms with van der Waals surface area (Å²) in [5.74, 6) is 1.65. The topological polar surface area (TPSA) is 37.9 Å². The number of fused-ring (bicyclic) bond motifs is 1. The van der Waals surface area contributed by atoms with Gasteiger partial charge in [-0.3, -0.25) is 0 Å². The Balaban J connectivity index is 1.41. The van der Waals surface area contributed by atoms with Gasteiger partial charge < -0.3 is 9.72 Å². The van der Waals surface area contributed by atoms with Crippen molar-refractivity contribution in [3.8, 4) is 5.75 Å². The maximum Gasteiger partial charge on any atom is 0.131 e. The van der Waals surface area contributed by atoms with Crippen molar-refractivity contribution in [3.63, 3.8) is 0 Å². The number of nitrogens with one attached hydrogen (secondary N) is 1. The maximum atomic E-state index is 6.15. The third-order valence-electron chi connectivity index (χ3n) is 4.07. The first-order chi connectivity index (χ1) is 12.8. The number of rotatable bonds is 5. The van der Waals surface area contributed by atoms with Gasteiger partial charge in [0.15, 0.2) is 0 Å². The van der Waals surface area contributed by atoms with Gasteiger partial charge in [-0.2, -0.15) is 0 Å². The van der Waals surface area contributed by atoms with Gasteiger partial charge >= 0.3 is 0 Å². The molecule has 0 saturated carbocycles. The molecule has 0 atom stereocenters. The lowest BCUT2D eigenvalue weighted by Gasteiger charge is -2.07. The first-order valence-corrected chi connectivity index (χ1v) is 8.75. The fourth-order valence-electron chi connectivity index (χ4n) is 2.68. The molecule has 3 nitrogen and oxygen atoms in total. The van der Waals surface area contributed by atoms with E-state index in [4.69, 9.17) is 16.3 Å². The van der Waals surface area contributed by atoms with Crippen LogP contribution in [0, 0.1) is 0 Å². The SMILES string of the molecule is Clc1ccccc1COc1ccc(/C=C/c2nc3ccccc3[nH]2)cc1. The number of hydrogen-bond acceptors (Lipinski definition) is 2. The Labute approximate surface area is 156 Å². The molecule has 4 aromatic rings. The molecule has 1 N–H and O–H groups in total. The zero-order chi connectivity index (χ0) is 17.8. The molecule has 26 heavy (non-hydrogen) atoms. The fraction of sp³-hybridized carbons (Fsp3) is 0.0455. The Morgan fingerprint density at radius 2 is 1.65 bits per heavy atom. The zero-order valence-electron chi connectivity index (χ0n) is 14.0. The van der Waals surface area contributed by atoms with Crippen molar-refractivity contribution in [2.24, 2.45) is 0 Å². The van der Waals surface area contributed by atoms with E-state index in [1.54, 1.807) is 0 Å². The average Bonchev–Trinajstić information content (AvgIpc) is 3.10. The number of nitrogens with zero attached hydrogens (tertiary/aromatic N) is 1. The van der Waals surface area contributed by atoms with Gasteiger partial charge in [0.25, 0.3) is 0 Å². The molecule has 0 amide bonds. The molecule has 0 aliphatic carbocycles. The Bertz CT molecular complexity index is 1020. The van der Waals surface area contributed by atoms with Crippen LogP contribution in [-0.4, -0.2) is 9.97 Å². The van der Waals surface area contributed by atoms with Crippen LogP contribution in [-0.2, 0) is 6.61 Å². The summed E-state index contributed by atoms with van der Waals surface area (Å²) in [5, 5.41) is 0.720. The second kappa shape index (κ2) is 7.46. The van der Waals surface area contributed by atoms with Gasteiger partial charge in [0, 0.05) is 10.6 Å². The van der Waals surface area contributed by atoms with Crippen molar-refractivity contribution in [2.75, 3.05) is 0 Å². The number of ether oxygens (including phenoxy) is 1. The lowest BCUT2D eigenvalue weighted by atomic mass is 10.2. The molecule has 4 rings (SSSR count). The number of imidazole rings is 1. The molecule has 0 saturated heterocycles. The number of halogens is 1. The third-order valence-corrected chi connectivity index (χ3v) is 4.44. The van der Waals surface area contributed by atoms with E-state index in [-0.39, 0.29) is 0 Å². The van der Waals surface area contributed by atoms with E-state index in [2.05, 4.69) is 9.97 Å². The molecule has 1 aromatic heterocycles. The number of aromatic nitrogens is 2. The maximum absolute atomic E-state index is 6.15. The Morgan fingerprint density at radius 1 is 0.885 bits per heavy atom. The van der Waals surface area contributed by atoms with Gasteiger partial charge in [0.05, 0.1) is 11.0 Å². The van der Waals surface area contributed by atoms with Crippen molar-refractivity contribution in [1.82, 2.24) is 9.97 Å². The Morgan fingerprint density at radius 3 is 2.46 bits per heavy atom. The molecule has 0 aliphatic heterocycles. The minimum absolute atomic E-state index is 0.452. The summed E-state index contributed by atoms with van der Waals surface area (Å²) in [6.07, 6.45) is 4.00. The van der Waals surface area contributed by atoms with Gasteiger partial charge in [0.2, 0.25) is 0 Å². The van der Waals surface area contributed by atoms with Crippen LogP contribution in [0.2, 0.25) is 5.02 Å². The van der Waals surface area contributed by atoms with E-state index in [1.807, 2.05) is 84.9 Å². The Hall–Kier alpha value is -3.04. The van der Waals surface area contributed by atoms with Crippen molar-refractivity contribution in [2.45, 2.75) is 6.61 Å². The zero-order valence-corrected chi connectivity index (χ0v) is 14.8. The van der Waals surface area contributed by atoms with Gasteiger partial charge in [-0.1, -0.05) is 60.1 Å². The van der Waals surface area contributed by atoms with Crippen molar-refractivity contribution < 1.29 is 4.74 Å². The number of benzene rings is 3. The van der Waals surface area contributed by atoms with Gasteiger partial charge in [-0.05, 0) is 42.0 Å². The van der Waals surface area contributed by atoms with E-state index >= 15 is 0 Å². The van der Waals surface area contributed by atoms with Gasteiger partial charge in [0.1, 0.15) is 18.2 Å². The van der Waals surface area contributed by atoms with Crippen molar-refractivity contribution in [3.05, 3.63) is 94.8 Å². The molecule has 0 aliphatic rings. The largest absolute Gasteiger partial charge is 0.489 e. The first kappa shape index (κ1) is 16.4. The van der Waals surface area contributed by atoms with Gasteiger partial charge in [-0.15, -0.1) is 0 Å². The molecule has 128 valence electrons. The average molecular weight is 361 g/mol. The summed E-state index contributed by atoms with van der Waals surface area (Å²) in [7, 11) is 0. The number of para-hydroxylation sites is 2. The van der Waals surface area contributed by atoms with E-state index < -0.39 is 0 Å². The number of hydrogen-bond donors (Lipinski definition) is 1. The molecule has 0 spiro atoms. The van der Waals surface area contributed by atoms with Crippen LogP contribution < -0.4 is 4.74 Å². The summed E-state index contributed by atoms with van der Waals surface area (Å²) in [4.78, 5) is 7.82. The normalized spacial score (nSPS) is 11.3. The van der Waals surface area contributed by atoms with Gasteiger partial charge in [-0.25, -0.2) is 4.98 Å². The van der Waals surface area contributed by atoms with Crippen LogP contribution in [0.3, 0.4) is 0 Å². The first-order valence-electron chi connectivity index (χ1n) is 8.37. The molecule has 4 heteroatoms. The summed E-state index contributed by atoms with van der Waals surface area (Å²) in [6.45, 7) is 0.452.